The van der Waals surface area contributed by atoms with Gasteiger partial charge in [-0.05, 0) is 24.1 Å². The number of Topliss-reactive ketones (excluding diaryl/α,β-unsaturated/α-hetero) is 1. The summed E-state index contributed by atoms with van der Waals surface area (Å²) in [5.41, 5.74) is 5.57. The second kappa shape index (κ2) is 4.81. The molecule has 0 radical (unpaired) electrons. The molecule has 2 N–H and O–H groups in total. The molecule has 0 saturated carbocycles. The van der Waals surface area contributed by atoms with Crippen molar-refractivity contribution in [1.82, 2.24) is 0 Å². The van der Waals surface area contributed by atoms with Crippen LogP contribution in [0.5, 0.6) is 0 Å². The van der Waals surface area contributed by atoms with E-state index in [4.69, 9.17) is 5.73 Å². The van der Waals surface area contributed by atoms with Crippen LogP contribution in [0.15, 0.2) is 18.2 Å². The molecule has 0 aliphatic heterocycles. The maximum atomic E-state index is 12.7. The number of halogens is 2. The Bertz CT molecular complexity index is 319. The van der Waals surface area contributed by atoms with Gasteiger partial charge in [0.25, 0.3) is 0 Å². The van der Waals surface area contributed by atoms with Gasteiger partial charge < -0.3 is 5.73 Å². The first-order valence-electron chi connectivity index (χ1n) is 4.28. The summed E-state index contributed by atoms with van der Waals surface area (Å²) in [6.07, 6.45) is 0.546. The van der Waals surface area contributed by atoms with E-state index in [0.29, 0.717) is 12.0 Å². The van der Waals surface area contributed by atoms with Crippen molar-refractivity contribution in [3.63, 3.8) is 0 Å². The van der Waals surface area contributed by atoms with Crippen LogP contribution in [-0.2, 0) is 11.2 Å². The molecule has 0 atom stereocenters. The molecule has 0 amide bonds. The van der Waals surface area contributed by atoms with Gasteiger partial charge in [-0.15, -0.1) is 0 Å². The van der Waals surface area contributed by atoms with Gasteiger partial charge in [0.2, 0.25) is 0 Å². The molecule has 0 aromatic heterocycles. The molecule has 0 bridgehead atoms. The summed E-state index contributed by atoms with van der Waals surface area (Å²) in [5, 5.41) is 0. The van der Waals surface area contributed by atoms with Gasteiger partial charge >= 0.3 is 0 Å². The lowest BCUT2D eigenvalue weighted by molar-refractivity contribution is -0.117. The van der Waals surface area contributed by atoms with Gasteiger partial charge in [-0.2, -0.15) is 0 Å². The Morgan fingerprint density at radius 3 is 2.29 bits per heavy atom. The lowest BCUT2D eigenvalue weighted by Crippen LogP contribution is -2.13. The van der Waals surface area contributed by atoms with Gasteiger partial charge in [-0.1, -0.05) is 0 Å². The highest BCUT2D eigenvalue weighted by Gasteiger charge is 2.03. The quantitative estimate of drug-likeness (QED) is 0.797. The fourth-order valence-electron chi connectivity index (χ4n) is 1.14. The molecule has 1 aromatic carbocycles. The zero-order chi connectivity index (χ0) is 10.6. The first-order chi connectivity index (χ1) is 6.61. The second-order valence-corrected chi connectivity index (χ2v) is 3.02. The SMILES string of the molecule is NCC(=O)CCc1cc(F)cc(F)c1. The second-order valence-electron chi connectivity index (χ2n) is 3.02. The molecular weight excluding hydrogens is 188 g/mol. The number of hydrogen-bond donors (Lipinski definition) is 1. The van der Waals surface area contributed by atoms with Crippen molar-refractivity contribution in [2.75, 3.05) is 6.54 Å². The number of aryl methyl sites for hydroxylation is 1. The van der Waals surface area contributed by atoms with E-state index in [1.54, 1.807) is 0 Å². The van der Waals surface area contributed by atoms with E-state index < -0.39 is 11.6 Å². The molecule has 14 heavy (non-hydrogen) atoms. The Hall–Kier alpha value is -1.29. The lowest BCUT2D eigenvalue weighted by Gasteiger charge is -2.00. The number of nitrogens with two attached hydrogens (primary N) is 1. The average molecular weight is 199 g/mol. The molecule has 0 aliphatic carbocycles. The van der Waals surface area contributed by atoms with Gasteiger partial charge in [0.15, 0.2) is 0 Å². The molecule has 76 valence electrons. The molecule has 2 nitrogen and oxygen atoms in total. The van der Waals surface area contributed by atoms with Gasteiger partial charge in [0, 0.05) is 12.5 Å². The summed E-state index contributed by atoms with van der Waals surface area (Å²) in [7, 11) is 0. The summed E-state index contributed by atoms with van der Waals surface area (Å²) in [5.74, 6) is -1.37. The van der Waals surface area contributed by atoms with E-state index >= 15 is 0 Å². The summed E-state index contributed by atoms with van der Waals surface area (Å²) >= 11 is 0. The van der Waals surface area contributed by atoms with Gasteiger partial charge in [-0.25, -0.2) is 8.78 Å². The predicted octanol–water partition coefficient (Wildman–Crippen LogP) is 1.43. The Morgan fingerprint density at radius 1 is 1.21 bits per heavy atom. The number of ketones is 1. The fourth-order valence-corrected chi connectivity index (χ4v) is 1.14. The summed E-state index contributed by atoms with van der Waals surface area (Å²) < 4.78 is 25.4. The molecular formula is C10H11F2NO. The lowest BCUT2D eigenvalue weighted by atomic mass is 10.1. The average Bonchev–Trinajstić information content (AvgIpc) is 2.12. The van der Waals surface area contributed by atoms with Crippen molar-refractivity contribution >= 4 is 5.78 Å². The van der Waals surface area contributed by atoms with Crippen LogP contribution < -0.4 is 5.73 Å². The van der Waals surface area contributed by atoms with Crippen LogP contribution in [0.1, 0.15) is 12.0 Å². The molecule has 0 fully saturated rings. The van der Waals surface area contributed by atoms with E-state index in [0.717, 1.165) is 6.07 Å². The van der Waals surface area contributed by atoms with Crippen molar-refractivity contribution in [3.05, 3.63) is 35.4 Å². The van der Waals surface area contributed by atoms with Crippen LogP contribution >= 0.6 is 0 Å². The van der Waals surface area contributed by atoms with E-state index in [1.807, 2.05) is 0 Å². The Balaban J connectivity index is 2.63. The normalized spacial score (nSPS) is 10.2. The number of hydrogen-bond acceptors (Lipinski definition) is 2. The maximum absolute atomic E-state index is 12.7. The maximum Gasteiger partial charge on any atom is 0.146 e. The number of carbonyl (C=O) groups excluding carboxylic acids is 1. The van der Waals surface area contributed by atoms with E-state index in [2.05, 4.69) is 0 Å². The molecule has 1 aromatic rings. The third kappa shape index (κ3) is 3.22. The summed E-state index contributed by atoms with van der Waals surface area (Å²) in [6.45, 7) is -0.0300. The van der Waals surface area contributed by atoms with Crippen LogP contribution in [0, 0.1) is 11.6 Å². The fraction of sp³-hybridized carbons (Fsp3) is 0.300. The highest BCUT2D eigenvalue weighted by atomic mass is 19.1. The van der Waals surface area contributed by atoms with Crippen LogP contribution in [0.3, 0.4) is 0 Å². The van der Waals surface area contributed by atoms with Gasteiger partial charge in [0.1, 0.15) is 17.4 Å². The third-order valence-electron chi connectivity index (χ3n) is 1.84. The van der Waals surface area contributed by atoms with Crippen LogP contribution in [0.2, 0.25) is 0 Å². The van der Waals surface area contributed by atoms with Crippen molar-refractivity contribution < 1.29 is 13.6 Å². The first kappa shape index (κ1) is 10.8. The molecule has 4 heteroatoms. The van der Waals surface area contributed by atoms with Gasteiger partial charge in [0.05, 0.1) is 6.54 Å². The minimum atomic E-state index is -0.625. The number of benzene rings is 1. The minimum Gasteiger partial charge on any atom is -0.324 e. The molecule has 0 unspecified atom stereocenters. The Labute approximate surface area is 80.7 Å². The standard InChI is InChI=1S/C10H11F2NO/c11-8-3-7(4-9(12)5-8)1-2-10(14)6-13/h3-5H,1-2,6,13H2. The number of carbonyl (C=O) groups is 1. The van der Waals surface area contributed by atoms with Crippen molar-refractivity contribution in [1.29, 1.82) is 0 Å². The molecule has 0 aliphatic rings. The van der Waals surface area contributed by atoms with Crippen molar-refractivity contribution in [3.8, 4) is 0 Å². The van der Waals surface area contributed by atoms with Crippen molar-refractivity contribution in [2.45, 2.75) is 12.8 Å². The first-order valence-corrected chi connectivity index (χ1v) is 4.28. The van der Waals surface area contributed by atoms with Crippen LogP contribution in [0.25, 0.3) is 0 Å². The van der Waals surface area contributed by atoms with E-state index in [1.165, 1.54) is 12.1 Å². The summed E-state index contributed by atoms with van der Waals surface area (Å²) in [6, 6.07) is 3.23. The summed E-state index contributed by atoms with van der Waals surface area (Å²) in [4.78, 5) is 10.8. The third-order valence-corrected chi connectivity index (χ3v) is 1.84. The van der Waals surface area contributed by atoms with Crippen LogP contribution in [0.4, 0.5) is 8.78 Å². The van der Waals surface area contributed by atoms with E-state index in [9.17, 15) is 13.6 Å². The topological polar surface area (TPSA) is 43.1 Å². The predicted molar refractivity (Wildman–Crippen MR) is 48.7 cm³/mol. The molecule has 1 rings (SSSR count). The van der Waals surface area contributed by atoms with Crippen molar-refractivity contribution in [2.24, 2.45) is 5.73 Å². The largest absolute Gasteiger partial charge is 0.324 e. The molecule has 0 spiro atoms. The minimum absolute atomic E-state index is 0.0300. The van der Waals surface area contributed by atoms with E-state index in [-0.39, 0.29) is 18.7 Å². The Kier molecular flexibility index (Phi) is 3.71. The molecule has 0 heterocycles. The van der Waals surface area contributed by atoms with Crippen LogP contribution in [-0.4, -0.2) is 12.3 Å². The smallest absolute Gasteiger partial charge is 0.146 e. The monoisotopic (exact) mass is 199 g/mol. The highest BCUT2D eigenvalue weighted by Crippen LogP contribution is 2.09. The zero-order valence-corrected chi connectivity index (χ0v) is 7.59. The zero-order valence-electron chi connectivity index (χ0n) is 7.59. The molecule has 0 saturated heterocycles. The van der Waals surface area contributed by atoms with Gasteiger partial charge in [-0.3, -0.25) is 4.79 Å². The Morgan fingerprint density at radius 2 is 1.79 bits per heavy atom. The number of rotatable bonds is 4. The highest BCUT2D eigenvalue weighted by molar-refractivity contribution is 5.80.